The molecular formula is C25H18N2. The molecule has 4 aromatic carbocycles. The van der Waals surface area contributed by atoms with Crippen LogP contribution >= 0.6 is 0 Å². The van der Waals surface area contributed by atoms with Crippen LogP contribution in [0.25, 0.3) is 44.1 Å². The molecule has 0 unspecified atom stereocenters. The monoisotopic (exact) mass is 346 g/mol. The van der Waals surface area contributed by atoms with E-state index in [0.717, 1.165) is 28.0 Å². The van der Waals surface area contributed by atoms with E-state index in [2.05, 4.69) is 83.8 Å². The number of aryl methyl sites for hydroxylation is 1. The molecule has 0 saturated carbocycles. The molecule has 0 fully saturated rings. The van der Waals surface area contributed by atoms with E-state index in [4.69, 9.17) is 4.98 Å². The molecule has 5 aromatic rings. The number of hydrogen-bond donors (Lipinski definition) is 0. The maximum absolute atomic E-state index is 4.79. The van der Waals surface area contributed by atoms with Crippen LogP contribution in [-0.2, 0) is 0 Å². The molecule has 5 rings (SSSR count). The first-order valence-electron chi connectivity index (χ1n) is 9.11. The van der Waals surface area contributed by atoms with Gasteiger partial charge in [0.2, 0.25) is 0 Å². The highest BCUT2D eigenvalue weighted by atomic mass is 14.9. The summed E-state index contributed by atoms with van der Waals surface area (Å²) in [5.74, 6) is 0.793. The van der Waals surface area contributed by atoms with Gasteiger partial charge in [-0.05, 0) is 41.0 Å². The summed E-state index contributed by atoms with van der Waals surface area (Å²) in [6.45, 7) is 1.95. The second-order valence-electron chi connectivity index (χ2n) is 6.75. The van der Waals surface area contributed by atoms with E-state index in [0.29, 0.717) is 0 Å². The summed E-state index contributed by atoms with van der Waals surface area (Å²) in [5.41, 5.74) is 5.55. The minimum atomic E-state index is 0.793. The summed E-state index contributed by atoms with van der Waals surface area (Å²) < 4.78 is 0. The van der Waals surface area contributed by atoms with E-state index in [-0.39, 0.29) is 0 Å². The zero-order valence-corrected chi connectivity index (χ0v) is 15.1. The van der Waals surface area contributed by atoms with Crippen molar-refractivity contribution in [2.45, 2.75) is 6.92 Å². The molecule has 0 radical (unpaired) electrons. The third-order valence-corrected chi connectivity index (χ3v) is 4.94. The van der Waals surface area contributed by atoms with Gasteiger partial charge in [-0.25, -0.2) is 9.97 Å². The van der Waals surface area contributed by atoms with Gasteiger partial charge in [-0.15, -0.1) is 0 Å². The molecular weight excluding hydrogens is 328 g/mol. The van der Waals surface area contributed by atoms with E-state index < -0.39 is 0 Å². The summed E-state index contributed by atoms with van der Waals surface area (Å²) in [6, 6.07) is 31.7. The van der Waals surface area contributed by atoms with Crippen molar-refractivity contribution in [2.24, 2.45) is 0 Å². The van der Waals surface area contributed by atoms with Crippen molar-refractivity contribution in [3.8, 4) is 22.4 Å². The first-order chi connectivity index (χ1) is 13.3. The maximum atomic E-state index is 4.79. The zero-order valence-electron chi connectivity index (χ0n) is 15.1. The average molecular weight is 346 g/mol. The SMILES string of the molecule is Cc1nc(-c2ccccc2)c2c(ccc3cc(-c4ccccc4)ccc32)n1. The van der Waals surface area contributed by atoms with Gasteiger partial charge in [-0.2, -0.15) is 0 Å². The standard InChI is InChI=1S/C25H18N2/c1-17-26-23-15-13-21-16-20(18-8-4-2-5-9-18)12-14-22(21)24(23)25(27-17)19-10-6-3-7-11-19/h2-16H,1H3. The lowest BCUT2D eigenvalue weighted by Crippen LogP contribution is -1.95. The fourth-order valence-electron chi connectivity index (χ4n) is 3.69. The molecule has 0 N–H and O–H groups in total. The largest absolute Gasteiger partial charge is 0.233 e. The third kappa shape index (κ3) is 2.76. The van der Waals surface area contributed by atoms with Gasteiger partial charge in [0.1, 0.15) is 5.82 Å². The van der Waals surface area contributed by atoms with Gasteiger partial charge in [0, 0.05) is 10.9 Å². The third-order valence-electron chi connectivity index (χ3n) is 4.94. The molecule has 128 valence electrons. The van der Waals surface area contributed by atoms with Gasteiger partial charge < -0.3 is 0 Å². The molecule has 2 heteroatoms. The van der Waals surface area contributed by atoms with Gasteiger partial charge in [0.05, 0.1) is 11.2 Å². The van der Waals surface area contributed by atoms with Crippen LogP contribution < -0.4 is 0 Å². The van der Waals surface area contributed by atoms with Crippen molar-refractivity contribution in [1.82, 2.24) is 9.97 Å². The van der Waals surface area contributed by atoms with Crippen LogP contribution in [0.3, 0.4) is 0 Å². The molecule has 0 aliphatic rings. The molecule has 0 aliphatic heterocycles. The van der Waals surface area contributed by atoms with Crippen molar-refractivity contribution in [3.63, 3.8) is 0 Å². The van der Waals surface area contributed by atoms with Crippen LogP contribution in [-0.4, -0.2) is 9.97 Å². The van der Waals surface area contributed by atoms with E-state index in [1.807, 2.05) is 19.1 Å². The highest BCUT2D eigenvalue weighted by molar-refractivity contribution is 6.12. The van der Waals surface area contributed by atoms with E-state index >= 15 is 0 Å². The predicted molar refractivity (Wildman–Crippen MR) is 113 cm³/mol. The molecule has 27 heavy (non-hydrogen) atoms. The average Bonchev–Trinajstić information content (AvgIpc) is 2.73. The number of aromatic nitrogens is 2. The molecule has 1 aromatic heterocycles. The Bertz CT molecular complexity index is 1260. The topological polar surface area (TPSA) is 25.8 Å². The van der Waals surface area contributed by atoms with Gasteiger partial charge >= 0.3 is 0 Å². The summed E-state index contributed by atoms with van der Waals surface area (Å²) in [7, 11) is 0. The fourth-order valence-corrected chi connectivity index (χ4v) is 3.69. The van der Waals surface area contributed by atoms with Crippen LogP contribution in [0.5, 0.6) is 0 Å². The molecule has 0 bridgehead atoms. The fraction of sp³-hybridized carbons (Fsp3) is 0.0400. The second-order valence-corrected chi connectivity index (χ2v) is 6.75. The Kier molecular flexibility index (Phi) is 3.68. The van der Waals surface area contributed by atoms with Crippen LogP contribution in [0.1, 0.15) is 5.82 Å². The highest BCUT2D eigenvalue weighted by Gasteiger charge is 2.12. The zero-order chi connectivity index (χ0) is 18.2. The number of rotatable bonds is 2. The van der Waals surface area contributed by atoms with Crippen LogP contribution in [0.4, 0.5) is 0 Å². The lowest BCUT2D eigenvalue weighted by molar-refractivity contribution is 1.10. The Morgan fingerprint density at radius 2 is 1.30 bits per heavy atom. The summed E-state index contributed by atoms with van der Waals surface area (Å²) in [5, 5.41) is 3.50. The Balaban J connectivity index is 1.82. The van der Waals surface area contributed by atoms with Crippen molar-refractivity contribution in [1.29, 1.82) is 0 Å². The molecule has 0 amide bonds. The lowest BCUT2D eigenvalue weighted by Gasteiger charge is -2.11. The second kappa shape index (κ2) is 6.33. The molecule has 2 nitrogen and oxygen atoms in total. The Labute approximate surface area is 158 Å². The van der Waals surface area contributed by atoms with Crippen molar-refractivity contribution in [2.75, 3.05) is 0 Å². The minimum absolute atomic E-state index is 0.793. The Morgan fingerprint density at radius 3 is 2.04 bits per heavy atom. The lowest BCUT2D eigenvalue weighted by atomic mass is 9.96. The van der Waals surface area contributed by atoms with Crippen molar-refractivity contribution in [3.05, 3.63) is 96.8 Å². The number of hydrogen-bond acceptors (Lipinski definition) is 2. The summed E-state index contributed by atoms with van der Waals surface area (Å²) in [4.78, 5) is 9.47. The van der Waals surface area contributed by atoms with Crippen molar-refractivity contribution < 1.29 is 0 Å². The summed E-state index contributed by atoms with van der Waals surface area (Å²) in [6.07, 6.45) is 0. The molecule has 1 heterocycles. The van der Waals surface area contributed by atoms with Crippen LogP contribution in [0, 0.1) is 6.92 Å². The first-order valence-corrected chi connectivity index (χ1v) is 9.11. The highest BCUT2D eigenvalue weighted by Crippen LogP contribution is 2.34. The predicted octanol–water partition coefficient (Wildman–Crippen LogP) is 6.43. The Morgan fingerprint density at radius 1 is 0.593 bits per heavy atom. The van der Waals surface area contributed by atoms with E-state index in [1.165, 1.54) is 21.9 Å². The quantitative estimate of drug-likeness (QED) is 0.344. The minimum Gasteiger partial charge on any atom is -0.233 e. The van der Waals surface area contributed by atoms with Crippen molar-refractivity contribution >= 4 is 21.7 Å². The smallest absolute Gasteiger partial charge is 0.126 e. The molecule has 0 atom stereocenters. The van der Waals surface area contributed by atoms with Gasteiger partial charge in [-0.1, -0.05) is 78.9 Å². The molecule has 0 saturated heterocycles. The molecule has 0 spiro atoms. The van der Waals surface area contributed by atoms with Gasteiger partial charge in [0.15, 0.2) is 0 Å². The van der Waals surface area contributed by atoms with Gasteiger partial charge in [0.25, 0.3) is 0 Å². The van der Waals surface area contributed by atoms with Crippen LogP contribution in [0.2, 0.25) is 0 Å². The first kappa shape index (κ1) is 15.7. The Hall–Kier alpha value is -3.52. The van der Waals surface area contributed by atoms with Crippen LogP contribution in [0.15, 0.2) is 91.0 Å². The normalized spacial score (nSPS) is 11.1. The maximum Gasteiger partial charge on any atom is 0.126 e. The summed E-state index contributed by atoms with van der Waals surface area (Å²) >= 11 is 0. The number of fused-ring (bicyclic) bond motifs is 3. The van der Waals surface area contributed by atoms with E-state index in [9.17, 15) is 0 Å². The number of benzene rings is 4. The molecule has 0 aliphatic carbocycles. The number of nitrogens with zero attached hydrogens (tertiary/aromatic N) is 2. The van der Waals surface area contributed by atoms with Gasteiger partial charge in [-0.3, -0.25) is 0 Å². The van der Waals surface area contributed by atoms with E-state index in [1.54, 1.807) is 0 Å².